The van der Waals surface area contributed by atoms with Crippen LogP contribution in [0.3, 0.4) is 0 Å². The number of nitrogens with one attached hydrogen (secondary N) is 1. The van der Waals surface area contributed by atoms with Gasteiger partial charge in [0.25, 0.3) is 0 Å². The lowest BCUT2D eigenvalue weighted by Crippen LogP contribution is -2.13. The fourth-order valence-corrected chi connectivity index (χ4v) is 1.58. The van der Waals surface area contributed by atoms with E-state index >= 15 is 0 Å². The van der Waals surface area contributed by atoms with Crippen molar-refractivity contribution < 1.29 is 18.7 Å². The molecule has 0 spiro atoms. The number of fused-ring (bicyclic) bond motifs is 1. The third-order valence-corrected chi connectivity index (χ3v) is 2.35. The number of hydrogen-bond acceptors (Lipinski definition) is 4. The number of hydroxylamine groups is 1. The molecule has 0 aliphatic carbocycles. The quantitative estimate of drug-likeness (QED) is 0.797. The molecule has 16 heavy (non-hydrogen) atoms. The van der Waals surface area contributed by atoms with E-state index in [0.717, 1.165) is 6.42 Å². The minimum absolute atomic E-state index is 0.245. The number of rotatable bonds is 3. The Kier molecular flexibility index (Phi) is 3.58. The molecule has 0 unspecified atom stereocenters. The van der Waals surface area contributed by atoms with Crippen LogP contribution in [0.15, 0.2) is 12.1 Å². The summed E-state index contributed by atoms with van der Waals surface area (Å²) in [5.74, 6) is 0.739. The molecule has 2 rings (SSSR count). The van der Waals surface area contributed by atoms with E-state index in [2.05, 4.69) is 5.48 Å². The van der Waals surface area contributed by atoms with Crippen LogP contribution in [0.1, 0.15) is 12.0 Å². The normalized spacial score (nSPS) is 14.6. The van der Waals surface area contributed by atoms with E-state index in [0.29, 0.717) is 30.3 Å². The summed E-state index contributed by atoms with van der Waals surface area (Å²) in [6.45, 7) is 1.38. The van der Waals surface area contributed by atoms with Crippen LogP contribution in [-0.2, 0) is 11.4 Å². The van der Waals surface area contributed by atoms with Crippen LogP contribution in [0.4, 0.5) is 4.39 Å². The van der Waals surface area contributed by atoms with E-state index in [1.165, 1.54) is 13.2 Å². The molecule has 88 valence electrons. The molecule has 0 saturated heterocycles. The minimum atomic E-state index is -0.325. The van der Waals surface area contributed by atoms with Crippen LogP contribution in [0.25, 0.3) is 0 Å². The first kappa shape index (κ1) is 11.2. The standard InChI is InChI=1S/C11H14FNO3/c1-14-13-7-8-9(12)3-4-10-11(8)16-6-2-5-15-10/h3-4,13H,2,5-7H2,1H3. The molecule has 1 aromatic rings. The Morgan fingerprint density at radius 3 is 3.00 bits per heavy atom. The van der Waals surface area contributed by atoms with Crippen LogP contribution in [0.5, 0.6) is 11.5 Å². The summed E-state index contributed by atoms with van der Waals surface area (Å²) in [7, 11) is 1.48. The lowest BCUT2D eigenvalue weighted by molar-refractivity contribution is 0.0850. The zero-order valence-electron chi connectivity index (χ0n) is 9.09. The van der Waals surface area contributed by atoms with Crippen molar-refractivity contribution in [1.29, 1.82) is 0 Å². The minimum Gasteiger partial charge on any atom is -0.490 e. The van der Waals surface area contributed by atoms with Crippen LogP contribution in [0.2, 0.25) is 0 Å². The van der Waals surface area contributed by atoms with Crippen molar-refractivity contribution in [3.05, 3.63) is 23.5 Å². The van der Waals surface area contributed by atoms with Crippen molar-refractivity contribution in [3.8, 4) is 11.5 Å². The van der Waals surface area contributed by atoms with Crippen LogP contribution < -0.4 is 15.0 Å². The van der Waals surface area contributed by atoms with Gasteiger partial charge in [0.2, 0.25) is 0 Å². The van der Waals surface area contributed by atoms with Crippen molar-refractivity contribution in [2.45, 2.75) is 13.0 Å². The number of hydrogen-bond donors (Lipinski definition) is 1. The highest BCUT2D eigenvalue weighted by Gasteiger charge is 2.18. The molecule has 1 heterocycles. The molecule has 1 aromatic carbocycles. The maximum Gasteiger partial charge on any atom is 0.168 e. The highest BCUT2D eigenvalue weighted by atomic mass is 19.1. The van der Waals surface area contributed by atoms with Gasteiger partial charge in [-0.2, -0.15) is 5.48 Å². The fraction of sp³-hybridized carbons (Fsp3) is 0.455. The van der Waals surface area contributed by atoms with E-state index in [-0.39, 0.29) is 12.4 Å². The van der Waals surface area contributed by atoms with E-state index in [9.17, 15) is 4.39 Å². The topological polar surface area (TPSA) is 39.7 Å². The summed E-state index contributed by atoms with van der Waals surface area (Å²) in [5, 5.41) is 0. The van der Waals surface area contributed by atoms with E-state index in [4.69, 9.17) is 14.3 Å². The third-order valence-electron chi connectivity index (χ3n) is 2.35. The highest BCUT2D eigenvalue weighted by Crippen LogP contribution is 2.34. The number of halogens is 1. The van der Waals surface area contributed by atoms with Gasteiger partial charge in [-0.15, -0.1) is 0 Å². The monoisotopic (exact) mass is 227 g/mol. The van der Waals surface area contributed by atoms with E-state index in [1.807, 2.05) is 0 Å². The molecule has 0 amide bonds. The van der Waals surface area contributed by atoms with Gasteiger partial charge in [-0.1, -0.05) is 0 Å². The second kappa shape index (κ2) is 5.14. The zero-order chi connectivity index (χ0) is 11.4. The maximum absolute atomic E-state index is 13.6. The van der Waals surface area contributed by atoms with E-state index < -0.39 is 0 Å². The van der Waals surface area contributed by atoms with Gasteiger partial charge in [-0.25, -0.2) is 4.39 Å². The zero-order valence-corrected chi connectivity index (χ0v) is 9.09. The average molecular weight is 227 g/mol. The molecule has 4 nitrogen and oxygen atoms in total. The summed E-state index contributed by atoms with van der Waals surface area (Å²) in [6.07, 6.45) is 0.799. The first-order chi connectivity index (χ1) is 7.83. The lowest BCUT2D eigenvalue weighted by Gasteiger charge is -2.13. The predicted molar refractivity (Wildman–Crippen MR) is 55.9 cm³/mol. The van der Waals surface area contributed by atoms with Crippen molar-refractivity contribution in [2.75, 3.05) is 20.3 Å². The molecule has 0 radical (unpaired) electrons. The third kappa shape index (κ3) is 2.25. The molecule has 0 atom stereocenters. The fourth-order valence-electron chi connectivity index (χ4n) is 1.58. The van der Waals surface area contributed by atoms with Gasteiger partial charge in [0.05, 0.1) is 26.9 Å². The Balaban J connectivity index is 2.32. The Morgan fingerprint density at radius 2 is 2.19 bits per heavy atom. The smallest absolute Gasteiger partial charge is 0.168 e. The first-order valence-electron chi connectivity index (χ1n) is 5.15. The Hall–Kier alpha value is -1.33. The molecule has 0 saturated carbocycles. The van der Waals surface area contributed by atoms with Gasteiger partial charge in [-0.3, -0.25) is 0 Å². The Labute approximate surface area is 93.3 Å². The van der Waals surface area contributed by atoms with Crippen molar-refractivity contribution in [1.82, 2.24) is 5.48 Å². The molecule has 5 heteroatoms. The van der Waals surface area contributed by atoms with Gasteiger partial charge in [-0.05, 0) is 12.1 Å². The number of benzene rings is 1. The van der Waals surface area contributed by atoms with Crippen molar-refractivity contribution in [2.24, 2.45) is 0 Å². The molecule has 0 bridgehead atoms. The molecule has 1 N–H and O–H groups in total. The molecule has 1 aliphatic rings. The molecule has 0 aromatic heterocycles. The lowest BCUT2D eigenvalue weighted by atomic mass is 10.1. The molecule has 0 fully saturated rings. The summed E-state index contributed by atoms with van der Waals surface area (Å²) in [5.41, 5.74) is 3.03. The Bertz CT molecular complexity index is 370. The summed E-state index contributed by atoms with van der Waals surface area (Å²) < 4.78 is 24.6. The summed E-state index contributed by atoms with van der Waals surface area (Å²) in [4.78, 5) is 4.71. The van der Waals surface area contributed by atoms with Gasteiger partial charge >= 0.3 is 0 Å². The average Bonchev–Trinajstić information content (AvgIpc) is 2.53. The van der Waals surface area contributed by atoms with Gasteiger partial charge < -0.3 is 14.3 Å². The van der Waals surface area contributed by atoms with E-state index in [1.54, 1.807) is 6.07 Å². The van der Waals surface area contributed by atoms with Crippen LogP contribution in [0, 0.1) is 5.82 Å². The van der Waals surface area contributed by atoms with Gasteiger partial charge in [0.15, 0.2) is 11.5 Å². The van der Waals surface area contributed by atoms with Crippen LogP contribution >= 0.6 is 0 Å². The molecular formula is C11H14FNO3. The molecule has 1 aliphatic heterocycles. The van der Waals surface area contributed by atoms with Crippen LogP contribution in [-0.4, -0.2) is 20.3 Å². The first-order valence-corrected chi connectivity index (χ1v) is 5.15. The van der Waals surface area contributed by atoms with Crippen molar-refractivity contribution in [3.63, 3.8) is 0 Å². The highest BCUT2D eigenvalue weighted by molar-refractivity contribution is 5.47. The number of ether oxygens (including phenoxy) is 2. The molecular weight excluding hydrogens is 213 g/mol. The largest absolute Gasteiger partial charge is 0.490 e. The van der Waals surface area contributed by atoms with Crippen molar-refractivity contribution >= 4 is 0 Å². The Morgan fingerprint density at radius 1 is 1.38 bits per heavy atom. The maximum atomic E-state index is 13.6. The summed E-state index contributed by atoms with van der Waals surface area (Å²) in [6, 6.07) is 2.96. The summed E-state index contributed by atoms with van der Waals surface area (Å²) >= 11 is 0. The second-order valence-corrected chi connectivity index (χ2v) is 3.43. The predicted octanol–water partition coefficient (Wildman–Crippen LogP) is 1.64. The SMILES string of the molecule is CONCc1c(F)ccc2c1OCCCO2. The van der Waals surface area contributed by atoms with Gasteiger partial charge in [0.1, 0.15) is 5.82 Å². The van der Waals surface area contributed by atoms with Gasteiger partial charge in [0, 0.05) is 12.0 Å². The second-order valence-electron chi connectivity index (χ2n) is 3.43.